The van der Waals surface area contributed by atoms with Gasteiger partial charge in [-0.05, 0) is 42.8 Å². The lowest BCUT2D eigenvalue weighted by Crippen LogP contribution is -2.00. The number of methoxy groups -OCH3 is 1. The van der Waals surface area contributed by atoms with E-state index in [2.05, 4.69) is 0 Å². The van der Waals surface area contributed by atoms with Gasteiger partial charge in [-0.1, -0.05) is 54.1 Å². The smallest absolute Gasteiger partial charge is 0.185 e. The Morgan fingerprint density at radius 3 is 2.46 bits per heavy atom. The number of ether oxygens (including phenoxy) is 2. The Morgan fingerprint density at radius 2 is 1.75 bits per heavy atom. The lowest BCUT2D eigenvalue weighted by molar-refractivity contribution is 0.104. The molecule has 0 N–H and O–H groups in total. The molecule has 0 unspecified atom stereocenters. The van der Waals surface area contributed by atoms with E-state index >= 15 is 0 Å². The molecule has 0 heterocycles. The van der Waals surface area contributed by atoms with E-state index in [9.17, 15) is 9.18 Å². The number of allylic oxidation sites excluding steroid dienone is 1. The topological polar surface area (TPSA) is 35.5 Å². The number of ketones is 1. The maximum Gasteiger partial charge on any atom is 0.185 e. The molecule has 142 valence electrons. The van der Waals surface area contributed by atoms with E-state index in [-0.39, 0.29) is 18.1 Å². The fraction of sp³-hybridized carbons (Fsp3) is 0.125. The van der Waals surface area contributed by atoms with Crippen molar-refractivity contribution in [2.45, 2.75) is 13.5 Å². The number of hydrogen-bond acceptors (Lipinski definition) is 3. The van der Waals surface area contributed by atoms with Crippen molar-refractivity contribution in [2.24, 2.45) is 0 Å². The van der Waals surface area contributed by atoms with Gasteiger partial charge in [0, 0.05) is 11.1 Å². The monoisotopic (exact) mass is 376 g/mol. The van der Waals surface area contributed by atoms with Gasteiger partial charge in [-0.25, -0.2) is 4.39 Å². The number of benzene rings is 3. The molecular formula is C24H21FO3. The Morgan fingerprint density at radius 1 is 1.00 bits per heavy atom. The van der Waals surface area contributed by atoms with Crippen LogP contribution >= 0.6 is 0 Å². The Bertz CT molecular complexity index is 991. The number of carbonyl (C=O) groups excluding carboxylic acids is 1. The summed E-state index contributed by atoms with van der Waals surface area (Å²) in [6, 6.07) is 19.2. The molecule has 0 atom stereocenters. The third-order valence-corrected chi connectivity index (χ3v) is 4.29. The lowest BCUT2D eigenvalue weighted by atomic mass is 10.1. The summed E-state index contributed by atoms with van der Waals surface area (Å²) in [5.74, 6) is 0.333. The van der Waals surface area contributed by atoms with E-state index in [0.717, 1.165) is 16.7 Å². The van der Waals surface area contributed by atoms with Crippen LogP contribution in [0.1, 0.15) is 27.0 Å². The van der Waals surface area contributed by atoms with Crippen LogP contribution in [-0.2, 0) is 6.61 Å². The average molecular weight is 376 g/mol. The molecule has 0 aliphatic heterocycles. The van der Waals surface area contributed by atoms with Crippen molar-refractivity contribution in [3.8, 4) is 11.5 Å². The fourth-order valence-corrected chi connectivity index (χ4v) is 2.72. The highest BCUT2D eigenvalue weighted by atomic mass is 19.1. The van der Waals surface area contributed by atoms with Crippen LogP contribution in [0.15, 0.2) is 72.8 Å². The molecule has 3 rings (SSSR count). The maximum absolute atomic E-state index is 13.7. The summed E-state index contributed by atoms with van der Waals surface area (Å²) in [5.41, 5.74) is 3.33. The molecule has 0 spiro atoms. The summed E-state index contributed by atoms with van der Waals surface area (Å²) in [4.78, 5) is 12.3. The average Bonchev–Trinajstić information content (AvgIpc) is 2.72. The number of halogens is 1. The highest BCUT2D eigenvalue weighted by Gasteiger charge is 2.08. The van der Waals surface area contributed by atoms with E-state index in [1.165, 1.54) is 12.1 Å². The van der Waals surface area contributed by atoms with Crippen molar-refractivity contribution >= 4 is 11.9 Å². The summed E-state index contributed by atoms with van der Waals surface area (Å²) in [7, 11) is 1.57. The zero-order valence-electron chi connectivity index (χ0n) is 15.8. The molecule has 3 nitrogen and oxygen atoms in total. The molecule has 0 fully saturated rings. The fourth-order valence-electron chi connectivity index (χ4n) is 2.72. The van der Waals surface area contributed by atoms with E-state index in [1.54, 1.807) is 37.5 Å². The van der Waals surface area contributed by atoms with E-state index < -0.39 is 5.82 Å². The van der Waals surface area contributed by atoms with Gasteiger partial charge >= 0.3 is 0 Å². The summed E-state index contributed by atoms with van der Waals surface area (Å²) < 4.78 is 24.7. The molecule has 0 bridgehead atoms. The van der Waals surface area contributed by atoms with E-state index in [1.807, 2.05) is 43.3 Å². The standard InChI is InChI=1S/C24H21FO3/c1-17-7-11-19(12-8-17)22(26)13-9-18-10-14-23(27-2)20(15-18)16-28-24-6-4-3-5-21(24)25/h3-15H,16H2,1-2H3/b13-9+. The molecule has 0 aliphatic carbocycles. The van der Waals surface area contributed by atoms with E-state index in [0.29, 0.717) is 11.3 Å². The predicted molar refractivity (Wildman–Crippen MR) is 108 cm³/mol. The number of carbonyl (C=O) groups is 1. The molecule has 0 aliphatic rings. The molecule has 4 heteroatoms. The molecule has 0 aromatic heterocycles. The minimum absolute atomic E-state index is 0.0695. The number of rotatable bonds is 7. The highest BCUT2D eigenvalue weighted by Crippen LogP contribution is 2.24. The SMILES string of the molecule is COc1ccc(/C=C/C(=O)c2ccc(C)cc2)cc1COc1ccccc1F. The van der Waals surface area contributed by atoms with Gasteiger partial charge in [0.15, 0.2) is 17.3 Å². The third kappa shape index (κ3) is 4.86. The molecular weight excluding hydrogens is 355 g/mol. The highest BCUT2D eigenvalue weighted by molar-refractivity contribution is 6.06. The van der Waals surface area contributed by atoms with Gasteiger partial charge in [-0.3, -0.25) is 4.79 Å². The molecule has 0 saturated carbocycles. The van der Waals surface area contributed by atoms with Crippen LogP contribution in [0, 0.1) is 12.7 Å². The first-order chi connectivity index (χ1) is 13.6. The second kappa shape index (κ2) is 9.00. The second-order valence-electron chi connectivity index (χ2n) is 6.35. The normalized spacial score (nSPS) is 10.8. The van der Waals surface area contributed by atoms with E-state index in [4.69, 9.17) is 9.47 Å². The summed E-state index contributed by atoms with van der Waals surface area (Å²) in [5, 5.41) is 0. The van der Waals surface area contributed by atoms with Crippen LogP contribution in [-0.4, -0.2) is 12.9 Å². The van der Waals surface area contributed by atoms with Gasteiger partial charge in [0.2, 0.25) is 0 Å². The van der Waals surface area contributed by atoms with Crippen molar-refractivity contribution in [3.63, 3.8) is 0 Å². The van der Waals surface area contributed by atoms with Gasteiger partial charge in [-0.15, -0.1) is 0 Å². The minimum atomic E-state index is -0.416. The van der Waals surface area contributed by atoms with Crippen molar-refractivity contribution in [1.82, 2.24) is 0 Å². The number of aryl methyl sites for hydroxylation is 1. The van der Waals surface area contributed by atoms with Gasteiger partial charge in [0.25, 0.3) is 0 Å². The molecule has 28 heavy (non-hydrogen) atoms. The Balaban J connectivity index is 1.75. The summed E-state index contributed by atoms with van der Waals surface area (Å²) in [6.45, 7) is 2.13. The van der Waals surface area contributed by atoms with Crippen LogP contribution in [0.25, 0.3) is 6.08 Å². The predicted octanol–water partition coefficient (Wildman–Crippen LogP) is 5.62. The Hall–Kier alpha value is -3.40. The first-order valence-corrected chi connectivity index (χ1v) is 8.90. The quantitative estimate of drug-likeness (QED) is 0.397. The van der Waals surface area contributed by atoms with Crippen molar-refractivity contribution in [3.05, 3.63) is 101 Å². The maximum atomic E-state index is 13.7. The van der Waals surface area contributed by atoms with Crippen LogP contribution in [0.2, 0.25) is 0 Å². The zero-order valence-corrected chi connectivity index (χ0v) is 15.8. The van der Waals surface area contributed by atoms with Gasteiger partial charge in [0.1, 0.15) is 12.4 Å². The van der Waals surface area contributed by atoms with Gasteiger partial charge in [-0.2, -0.15) is 0 Å². The number of para-hydroxylation sites is 1. The van der Waals surface area contributed by atoms with Crippen LogP contribution in [0.4, 0.5) is 4.39 Å². The summed E-state index contributed by atoms with van der Waals surface area (Å²) >= 11 is 0. The molecule has 3 aromatic carbocycles. The van der Waals surface area contributed by atoms with Crippen molar-refractivity contribution in [2.75, 3.05) is 7.11 Å². The number of hydrogen-bond donors (Lipinski definition) is 0. The Labute approximate surface area is 164 Å². The summed E-state index contributed by atoms with van der Waals surface area (Å²) in [6.07, 6.45) is 3.28. The first-order valence-electron chi connectivity index (χ1n) is 8.90. The van der Waals surface area contributed by atoms with Crippen molar-refractivity contribution in [1.29, 1.82) is 0 Å². The minimum Gasteiger partial charge on any atom is -0.496 e. The Kier molecular flexibility index (Phi) is 6.22. The molecule has 0 radical (unpaired) electrons. The first kappa shape index (κ1) is 19.4. The van der Waals surface area contributed by atoms with Gasteiger partial charge < -0.3 is 9.47 Å². The molecule has 3 aromatic rings. The second-order valence-corrected chi connectivity index (χ2v) is 6.35. The van der Waals surface area contributed by atoms with Crippen LogP contribution in [0.5, 0.6) is 11.5 Å². The van der Waals surface area contributed by atoms with Crippen LogP contribution in [0.3, 0.4) is 0 Å². The van der Waals surface area contributed by atoms with Crippen molar-refractivity contribution < 1.29 is 18.7 Å². The largest absolute Gasteiger partial charge is 0.496 e. The lowest BCUT2D eigenvalue weighted by Gasteiger charge is -2.11. The molecule has 0 amide bonds. The van der Waals surface area contributed by atoms with Crippen LogP contribution < -0.4 is 9.47 Å². The molecule has 0 saturated heterocycles. The zero-order chi connectivity index (χ0) is 19.9. The van der Waals surface area contributed by atoms with Gasteiger partial charge in [0.05, 0.1) is 7.11 Å². The third-order valence-electron chi connectivity index (χ3n) is 4.29.